The molecule has 2 amide bonds. The number of benzene rings is 1. The number of aryl methyl sites for hydroxylation is 1. The number of nitrogens with zero attached hydrogens (tertiary/aromatic N) is 1. The first-order valence-electron chi connectivity index (χ1n) is 8.19. The third-order valence-corrected chi connectivity index (χ3v) is 4.91. The minimum Gasteiger partial charge on any atom is -0.373 e. The van der Waals surface area contributed by atoms with E-state index in [2.05, 4.69) is 36.5 Å². The molecular formula is C18H26N2O2. The molecule has 1 N–H and O–H groups in total. The summed E-state index contributed by atoms with van der Waals surface area (Å²) in [5.41, 5.74) is 2.41. The van der Waals surface area contributed by atoms with Gasteiger partial charge in [-0.15, -0.1) is 0 Å². The lowest BCUT2D eigenvalue weighted by Gasteiger charge is -2.40. The predicted octanol–water partition coefficient (Wildman–Crippen LogP) is 2.75. The average Bonchev–Trinajstić information content (AvgIpc) is 2.74. The van der Waals surface area contributed by atoms with Crippen LogP contribution in [0.5, 0.6) is 0 Å². The van der Waals surface area contributed by atoms with Crippen LogP contribution < -0.4 is 5.32 Å². The van der Waals surface area contributed by atoms with Crippen molar-refractivity contribution in [3.8, 4) is 0 Å². The van der Waals surface area contributed by atoms with E-state index in [1.165, 1.54) is 11.1 Å². The van der Waals surface area contributed by atoms with Gasteiger partial charge in [0.1, 0.15) is 0 Å². The fourth-order valence-corrected chi connectivity index (χ4v) is 3.30. The number of nitrogens with one attached hydrogen (secondary N) is 1. The van der Waals surface area contributed by atoms with E-state index in [-0.39, 0.29) is 17.7 Å². The molecule has 2 aliphatic rings. The number of hydrogen-bond acceptors (Lipinski definition) is 2. The van der Waals surface area contributed by atoms with Gasteiger partial charge in [0, 0.05) is 19.7 Å². The Morgan fingerprint density at radius 2 is 2.00 bits per heavy atom. The van der Waals surface area contributed by atoms with Gasteiger partial charge < -0.3 is 15.0 Å². The molecule has 0 radical (unpaired) electrons. The maximum atomic E-state index is 12.3. The molecule has 0 spiro atoms. The van der Waals surface area contributed by atoms with Crippen molar-refractivity contribution >= 4 is 6.03 Å². The largest absolute Gasteiger partial charge is 0.373 e. The van der Waals surface area contributed by atoms with Crippen LogP contribution in [0, 0.1) is 12.8 Å². The lowest BCUT2D eigenvalue weighted by Crippen LogP contribution is -2.58. The van der Waals surface area contributed by atoms with Gasteiger partial charge in [-0.2, -0.15) is 0 Å². The summed E-state index contributed by atoms with van der Waals surface area (Å²) in [6.07, 6.45) is 1.96. The lowest BCUT2D eigenvalue weighted by atomic mass is 9.92. The van der Waals surface area contributed by atoms with Gasteiger partial charge in [-0.05, 0) is 45.1 Å². The summed E-state index contributed by atoms with van der Waals surface area (Å²) in [5.74, 6) is 0.585. The second-order valence-corrected chi connectivity index (χ2v) is 7.20. The van der Waals surface area contributed by atoms with Crippen molar-refractivity contribution < 1.29 is 9.53 Å². The Kier molecular flexibility index (Phi) is 4.13. The Labute approximate surface area is 132 Å². The van der Waals surface area contributed by atoms with E-state index in [1.807, 2.05) is 18.7 Å². The number of likely N-dealkylation sites (tertiary alicyclic amines) is 1. The quantitative estimate of drug-likeness (QED) is 0.933. The molecule has 4 heteroatoms. The van der Waals surface area contributed by atoms with E-state index in [0.29, 0.717) is 5.92 Å². The van der Waals surface area contributed by atoms with Crippen LogP contribution in [0.25, 0.3) is 0 Å². The molecule has 4 nitrogen and oxygen atoms in total. The molecule has 1 atom stereocenters. The first kappa shape index (κ1) is 15.3. The van der Waals surface area contributed by atoms with E-state index >= 15 is 0 Å². The highest BCUT2D eigenvalue weighted by Crippen LogP contribution is 2.26. The van der Waals surface area contributed by atoms with Gasteiger partial charge in [0.25, 0.3) is 0 Å². The van der Waals surface area contributed by atoms with Gasteiger partial charge in [-0.25, -0.2) is 4.79 Å². The highest BCUT2D eigenvalue weighted by molar-refractivity contribution is 5.75. The van der Waals surface area contributed by atoms with E-state index in [0.717, 1.165) is 32.5 Å². The molecule has 1 unspecified atom stereocenters. The molecule has 2 saturated heterocycles. The van der Waals surface area contributed by atoms with Crippen molar-refractivity contribution in [3.63, 3.8) is 0 Å². The zero-order chi connectivity index (χ0) is 15.7. The monoisotopic (exact) mass is 302 g/mol. The van der Waals surface area contributed by atoms with E-state index in [4.69, 9.17) is 4.74 Å². The van der Waals surface area contributed by atoms with Gasteiger partial charge in [-0.3, -0.25) is 0 Å². The molecule has 0 aliphatic carbocycles. The number of carbonyl (C=O) groups is 1. The Morgan fingerprint density at radius 1 is 1.32 bits per heavy atom. The molecule has 22 heavy (non-hydrogen) atoms. The van der Waals surface area contributed by atoms with Crippen LogP contribution in [0.3, 0.4) is 0 Å². The van der Waals surface area contributed by atoms with Crippen molar-refractivity contribution in [2.24, 2.45) is 5.92 Å². The Morgan fingerprint density at radius 3 is 2.59 bits per heavy atom. The fourth-order valence-electron chi connectivity index (χ4n) is 3.30. The molecule has 0 bridgehead atoms. The summed E-state index contributed by atoms with van der Waals surface area (Å²) < 4.78 is 5.66. The molecule has 120 valence electrons. The summed E-state index contributed by atoms with van der Waals surface area (Å²) in [4.78, 5) is 14.2. The summed E-state index contributed by atoms with van der Waals surface area (Å²) in [7, 11) is 0. The summed E-state index contributed by atoms with van der Waals surface area (Å²) in [6, 6.07) is 8.87. The van der Waals surface area contributed by atoms with Crippen molar-refractivity contribution in [2.75, 3.05) is 19.7 Å². The average molecular weight is 302 g/mol. The number of ether oxygens (including phenoxy) is 1. The highest BCUT2D eigenvalue weighted by Gasteiger charge is 2.39. The molecule has 2 heterocycles. The third-order valence-electron chi connectivity index (χ3n) is 4.91. The maximum absolute atomic E-state index is 12.3. The second kappa shape index (κ2) is 5.92. The van der Waals surface area contributed by atoms with Crippen molar-refractivity contribution in [2.45, 2.75) is 45.3 Å². The summed E-state index contributed by atoms with van der Waals surface area (Å²) in [6.45, 7) is 8.63. The Bertz CT molecular complexity index is 533. The first-order chi connectivity index (χ1) is 10.4. The molecule has 0 aromatic heterocycles. The summed E-state index contributed by atoms with van der Waals surface area (Å²) in [5, 5.41) is 3.12. The minimum atomic E-state index is -0.248. The molecule has 1 aromatic rings. The second-order valence-electron chi connectivity index (χ2n) is 7.20. The number of amides is 2. The SMILES string of the molecule is Cc1ccc(CC2CN(C(=O)NC3CCOC3(C)C)C2)cc1. The minimum absolute atomic E-state index is 0.0590. The normalized spacial score (nSPS) is 24.1. The van der Waals surface area contributed by atoms with Crippen LogP contribution in [0.15, 0.2) is 24.3 Å². The summed E-state index contributed by atoms with van der Waals surface area (Å²) >= 11 is 0. The Hall–Kier alpha value is -1.55. The smallest absolute Gasteiger partial charge is 0.317 e. The van der Waals surface area contributed by atoms with Crippen LogP contribution in [0.1, 0.15) is 31.4 Å². The van der Waals surface area contributed by atoms with Crippen molar-refractivity contribution in [1.29, 1.82) is 0 Å². The van der Waals surface area contributed by atoms with Crippen LogP contribution in [-0.2, 0) is 11.2 Å². The molecule has 3 rings (SSSR count). The topological polar surface area (TPSA) is 41.6 Å². The molecule has 2 aliphatic heterocycles. The van der Waals surface area contributed by atoms with Gasteiger partial charge in [0.05, 0.1) is 11.6 Å². The van der Waals surface area contributed by atoms with Crippen molar-refractivity contribution in [3.05, 3.63) is 35.4 Å². The lowest BCUT2D eigenvalue weighted by molar-refractivity contribution is 0.0210. The molecular weight excluding hydrogens is 276 g/mol. The standard InChI is InChI=1S/C18H26N2O2/c1-13-4-6-14(7-5-13)10-15-11-20(12-15)17(21)19-16-8-9-22-18(16,2)3/h4-7,15-16H,8-12H2,1-3H3,(H,19,21). The number of carbonyl (C=O) groups excluding carboxylic acids is 1. The molecule has 1 aromatic carbocycles. The highest BCUT2D eigenvalue weighted by atomic mass is 16.5. The molecule has 2 fully saturated rings. The van der Waals surface area contributed by atoms with Crippen LogP contribution in [0.2, 0.25) is 0 Å². The van der Waals surface area contributed by atoms with E-state index in [9.17, 15) is 4.79 Å². The Balaban J connectivity index is 1.45. The third kappa shape index (κ3) is 3.27. The zero-order valence-corrected chi connectivity index (χ0v) is 13.8. The van der Waals surface area contributed by atoms with E-state index < -0.39 is 0 Å². The number of hydrogen-bond donors (Lipinski definition) is 1. The molecule has 0 saturated carbocycles. The first-order valence-corrected chi connectivity index (χ1v) is 8.19. The zero-order valence-electron chi connectivity index (χ0n) is 13.8. The van der Waals surface area contributed by atoms with Gasteiger partial charge in [0.15, 0.2) is 0 Å². The number of urea groups is 1. The van der Waals surface area contributed by atoms with Gasteiger partial charge in [-0.1, -0.05) is 29.8 Å². The fraction of sp³-hybridized carbons (Fsp3) is 0.611. The van der Waals surface area contributed by atoms with Gasteiger partial charge >= 0.3 is 6.03 Å². The van der Waals surface area contributed by atoms with Gasteiger partial charge in [0.2, 0.25) is 0 Å². The van der Waals surface area contributed by atoms with Crippen LogP contribution in [0.4, 0.5) is 4.79 Å². The van der Waals surface area contributed by atoms with Crippen LogP contribution >= 0.6 is 0 Å². The van der Waals surface area contributed by atoms with Crippen LogP contribution in [-0.4, -0.2) is 42.3 Å². The van der Waals surface area contributed by atoms with E-state index in [1.54, 1.807) is 0 Å². The number of rotatable bonds is 3. The predicted molar refractivity (Wildman–Crippen MR) is 86.9 cm³/mol. The van der Waals surface area contributed by atoms with Crippen molar-refractivity contribution in [1.82, 2.24) is 10.2 Å². The maximum Gasteiger partial charge on any atom is 0.317 e.